The molecule has 0 saturated carbocycles. The second kappa shape index (κ2) is 3.59. The number of allylic oxidation sites excluding steroid dienone is 3. The number of rotatable bonds is 2. The van der Waals surface area contributed by atoms with Gasteiger partial charge in [0.1, 0.15) is 0 Å². The molecule has 2 unspecified atom stereocenters. The van der Waals surface area contributed by atoms with Crippen molar-refractivity contribution in [3.05, 3.63) is 23.1 Å². The van der Waals surface area contributed by atoms with Gasteiger partial charge in [0.25, 0.3) is 0 Å². The Balaban J connectivity index is 2.66. The van der Waals surface area contributed by atoms with Crippen LogP contribution in [0.15, 0.2) is 23.1 Å². The van der Waals surface area contributed by atoms with Crippen molar-refractivity contribution >= 4 is 17.3 Å². The van der Waals surface area contributed by atoms with Crippen molar-refractivity contribution in [2.45, 2.75) is 6.42 Å². The van der Waals surface area contributed by atoms with Gasteiger partial charge in [-0.15, -0.1) is 0 Å². The highest BCUT2D eigenvalue weighted by Gasteiger charge is 2.04. The predicted molar refractivity (Wildman–Crippen MR) is 43.0 cm³/mol. The van der Waals surface area contributed by atoms with Gasteiger partial charge < -0.3 is 9.96 Å². The van der Waals surface area contributed by atoms with Crippen molar-refractivity contribution in [3.63, 3.8) is 0 Å². The van der Waals surface area contributed by atoms with E-state index < -0.39 is 11.1 Å². The van der Waals surface area contributed by atoms with Crippen LogP contribution in [0.25, 0.3) is 0 Å². The molecule has 0 amide bonds. The molecule has 11 heavy (non-hydrogen) atoms. The molecule has 0 saturated heterocycles. The largest absolute Gasteiger partial charge is 0.768 e. The third-order valence-electron chi connectivity index (χ3n) is 1.51. The van der Waals surface area contributed by atoms with Crippen LogP contribution in [0.1, 0.15) is 6.42 Å². The molecule has 4 heteroatoms. The summed E-state index contributed by atoms with van der Waals surface area (Å²) in [6.07, 6.45) is 6.79. The third kappa shape index (κ3) is 2.10. The van der Waals surface area contributed by atoms with Crippen molar-refractivity contribution < 1.29 is 8.76 Å². The molecule has 0 aliphatic heterocycles. The average Bonchev–Trinajstić information content (AvgIpc) is 2.05. The lowest BCUT2D eigenvalue weighted by Crippen LogP contribution is -2.02. The van der Waals surface area contributed by atoms with Crippen molar-refractivity contribution in [1.82, 2.24) is 0 Å². The van der Waals surface area contributed by atoms with Crippen LogP contribution >= 0.6 is 0 Å². The third-order valence-corrected chi connectivity index (χ3v) is 2.19. The van der Waals surface area contributed by atoms with Crippen molar-refractivity contribution in [2.24, 2.45) is 5.92 Å². The van der Waals surface area contributed by atoms with Crippen LogP contribution in [0.3, 0.4) is 0 Å². The van der Waals surface area contributed by atoms with Crippen LogP contribution < -0.4 is 0 Å². The van der Waals surface area contributed by atoms with Crippen LogP contribution in [0.2, 0.25) is 0 Å². The molecule has 2 atom stereocenters. The first-order chi connectivity index (χ1) is 5.24. The predicted octanol–water partition coefficient (Wildman–Crippen LogP) is 0.975. The Morgan fingerprint density at radius 1 is 1.82 bits per heavy atom. The summed E-state index contributed by atoms with van der Waals surface area (Å²) in [4.78, 5) is 0.322. The van der Waals surface area contributed by atoms with E-state index in [0.717, 1.165) is 0 Å². The maximum atomic E-state index is 10.4. The molecular weight excluding hydrogens is 162 g/mol. The smallest absolute Gasteiger partial charge is 0.0206 e. The van der Waals surface area contributed by atoms with Crippen molar-refractivity contribution in [2.75, 3.05) is 0 Å². The average molecular weight is 170 g/mol. The van der Waals surface area contributed by atoms with Gasteiger partial charge in [-0.1, -0.05) is 18.2 Å². The first-order valence-electron chi connectivity index (χ1n) is 3.22. The Labute approximate surface area is 67.6 Å². The molecule has 0 fully saturated rings. The first-order valence-corrected chi connectivity index (χ1v) is 4.29. The Morgan fingerprint density at radius 2 is 2.55 bits per heavy atom. The zero-order valence-electron chi connectivity index (χ0n) is 5.82. The fourth-order valence-electron chi connectivity index (χ4n) is 0.864. The molecule has 1 rings (SSSR count). The fraction of sp³-hybridized carbons (Fsp3) is 0.286. The molecule has 1 N–H and O–H groups in total. The summed E-state index contributed by atoms with van der Waals surface area (Å²) < 4.78 is 20.7. The lowest BCUT2D eigenvalue weighted by molar-refractivity contribution is 0.544. The molecule has 60 valence electrons. The number of hydrogen-bond donors (Lipinski definition) is 1. The van der Waals surface area contributed by atoms with Gasteiger partial charge >= 0.3 is 0 Å². The molecule has 1 aliphatic rings. The van der Waals surface area contributed by atoms with Gasteiger partial charge in [-0.05, 0) is 17.5 Å². The number of nitrogens with one attached hydrogen (secondary N) is 1. The van der Waals surface area contributed by atoms with Gasteiger partial charge in [0.15, 0.2) is 0 Å². The minimum Gasteiger partial charge on any atom is -0.768 e. The maximum absolute atomic E-state index is 10.4. The van der Waals surface area contributed by atoms with Crippen LogP contribution in [-0.2, 0) is 11.1 Å². The normalized spacial score (nSPS) is 25.9. The quantitative estimate of drug-likeness (QED) is 0.496. The van der Waals surface area contributed by atoms with E-state index in [1.165, 1.54) is 12.3 Å². The summed E-state index contributed by atoms with van der Waals surface area (Å²) in [5.41, 5.74) is 0. The van der Waals surface area contributed by atoms with Crippen LogP contribution in [0.5, 0.6) is 0 Å². The van der Waals surface area contributed by atoms with E-state index in [1.807, 2.05) is 0 Å². The fourth-order valence-corrected chi connectivity index (χ4v) is 1.29. The molecule has 0 aromatic carbocycles. The summed E-state index contributed by atoms with van der Waals surface area (Å²) in [5, 5.41) is 6.91. The minimum atomic E-state index is -2.12. The summed E-state index contributed by atoms with van der Waals surface area (Å²) in [6.45, 7) is 0. The standard InChI is InChI=1S/C7H9NO2S/c8-5-6-1-3-7(4-2-6)11(9)10/h1,3-6,8H,2H2,(H,9,10)/p-1. The number of hydrogen-bond acceptors (Lipinski definition) is 3. The zero-order chi connectivity index (χ0) is 8.27. The highest BCUT2D eigenvalue weighted by atomic mass is 32.2. The van der Waals surface area contributed by atoms with Gasteiger partial charge in [-0.25, -0.2) is 0 Å². The second-order valence-corrected chi connectivity index (χ2v) is 3.21. The highest BCUT2D eigenvalue weighted by Crippen LogP contribution is 2.15. The van der Waals surface area contributed by atoms with Crippen molar-refractivity contribution in [1.29, 1.82) is 5.41 Å². The maximum Gasteiger partial charge on any atom is 0.0206 e. The molecule has 0 aromatic heterocycles. The molecule has 1 aliphatic carbocycles. The molecule has 0 aromatic rings. The highest BCUT2D eigenvalue weighted by molar-refractivity contribution is 7.83. The molecule has 0 radical (unpaired) electrons. The van der Waals surface area contributed by atoms with E-state index in [0.29, 0.717) is 11.3 Å². The van der Waals surface area contributed by atoms with Crippen LogP contribution in [0, 0.1) is 11.3 Å². The lowest BCUT2D eigenvalue weighted by atomic mass is 10.0. The Bertz CT molecular complexity index is 245. The van der Waals surface area contributed by atoms with E-state index in [-0.39, 0.29) is 5.92 Å². The Hall–Kier alpha value is -0.740. The Morgan fingerprint density at radius 3 is 2.91 bits per heavy atom. The SMILES string of the molecule is N=CC1C=CC(S(=O)[O-])=CC1. The molecular formula is C7H8NO2S-. The second-order valence-electron chi connectivity index (χ2n) is 2.27. The first kappa shape index (κ1) is 8.36. The zero-order valence-corrected chi connectivity index (χ0v) is 6.64. The van der Waals surface area contributed by atoms with E-state index in [9.17, 15) is 8.76 Å². The van der Waals surface area contributed by atoms with E-state index >= 15 is 0 Å². The molecule has 0 heterocycles. The van der Waals surface area contributed by atoms with Gasteiger partial charge in [-0.2, -0.15) is 0 Å². The Kier molecular flexibility index (Phi) is 2.73. The van der Waals surface area contributed by atoms with Gasteiger partial charge in [-0.3, -0.25) is 4.21 Å². The monoisotopic (exact) mass is 170 g/mol. The van der Waals surface area contributed by atoms with Gasteiger partial charge in [0.2, 0.25) is 0 Å². The van der Waals surface area contributed by atoms with E-state index in [2.05, 4.69) is 0 Å². The topological polar surface area (TPSA) is 64.0 Å². The summed E-state index contributed by atoms with van der Waals surface area (Å²) in [6, 6.07) is 0. The molecule has 3 nitrogen and oxygen atoms in total. The summed E-state index contributed by atoms with van der Waals surface area (Å²) in [7, 11) is 0. The van der Waals surface area contributed by atoms with Gasteiger partial charge in [0.05, 0.1) is 0 Å². The molecule has 0 spiro atoms. The van der Waals surface area contributed by atoms with Crippen LogP contribution in [-0.4, -0.2) is 15.0 Å². The summed E-state index contributed by atoms with van der Waals surface area (Å²) in [5.74, 6) is 0.0716. The summed E-state index contributed by atoms with van der Waals surface area (Å²) >= 11 is -2.12. The lowest BCUT2D eigenvalue weighted by Gasteiger charge is -2.12. The van der Waals surface area contributed by atoms with Gasteiger partial charge in [0, 0.05) is 17.0 Å². The van der Waals surface area contributed by atoms with E-state index in [4.69, 9.17) is 5.41 Å². The van der Waals surface area contributed by atoms with Crippen LogP contribution in [0.4, 0.5) is 0 Å². The minimum absolute atomic E-state index is 0.0716. The van der Waals surface area contributed by atoms with E-state index in [1.54, 1.807) is 12.2 Å². The van der Waals surface area contributed by atoms with Crippen molar-refractivity contribution in [3.8, 4) is 0 Å². The molecule has 0 bridgehead atoms.